The van der Waals surface area contributed by atoms with Gasteiger partial charge in [-0.3, -0.25) is 10.1 Å². The van der Waals surface area contributed by atoms with Gasteiger partial charge in [0.1, 0.15) is 16.8 Å². The zero-order chi connectivity index (χ0) is 15.6. The molecule has 0 amide bonds. The lowest BCUT2D eigenvalue weighted by Gasteiger charge is -2.15. The molecule has 0 aliphatic carbocycles. The van der Waals surface area contributed by atoms with E-state index in [2.05, 4.69) is 10.3 Å². The van der Waals surface area contributed by atoms with Gasteiger partial charge in [-0.1, -0.05) is 23.7 Å². The molecular formula is C14H13ClFN3O2. The van der Waals surface area contributed by atoms with E-state index in [9.17, 15) is 14.5 Å². The summed E-state index contributed by atoms with van der Waals surface area (Å²) in [6.45, 7) is 3.48. The van der Waals surface area contributed by atoms with Crippen LogP contribution >= 0.6 is 11.6 Å². The standard InChI is InChI=1S/C14H13ClFN3O2/c1-8-3-4-10(5-12(8)16)9(2)17-14-7-11(19(20)21)6-13(15)18-14/h3-7,9H,1-2H3,(H,17,18). The van der Waals surface area contributed by atoms with Gasteiger partial charge in [0, 0.05) is 0 Å². The van der Waals surface area contributed by atoms with Gasteiger partial charge in [-0.25, -0.2) is 9.37 Å². The van der Waals surface area contributed by atoms with Crippen LogP contribution in [-0.4, -0.2) is 9.91 Å². The van der Waals surface area contributed by atoms with E-state index in [1.54, 1.807) is 26.0 Å². The first-order valence-corrected chi connectivity index (χ1v) is 6.59. The summed E-state index contributed by atoms with van der Waals surface area (Å²) in [5, 5.41) is 13.8. The molecule has 0 saturated heterocycles. The van der Waals surface area contributed by atoms with E-state index in [4.69, 9.17) is 11.6 Å². The summed E-state index contributed by atoms with van der Waals surface area (Å²) >= 11 is 5.75. The van der Waals surface area contributed by atoms with E-state index in [1.165, 1.54) is 18.2 Å². The van der Waals surface area contributed by atoms with Crippen molar-refractivity contribution in [2.45, 2.75) is 19.9 Å². The zero-order valence-electron chi connectivity index (χ0n) is 11.4. The summed E-state index contributed by atoms with van der Waals surface area (Å²) in [4.78, 5) is 14.2. The highest BCUT2D eigenvalue weighted by atomic mass is 35.5. The third-order valence-corrected chi connectivity index (χ3v) is 3.24. The second-order valence-electron chi connectivity index (χ2n) is 4.67. The van der Waals surface area contributed by atoms with Crippen molar-refractivity contribution >= 4 is 23.1 Å². The Balaban J connectivity index is 2.24. The third-order valence-electron chi connectivity index (χ3n) is 3.05. The minimum atomic E-state index is -0.547. The van der Waals surface area contributed by atoms with Crippen LogP contribution in [0.25, 0.3) is 0 Å². The van der Waals surface area contributed by atoms with Crippen LogP contribution < -0.4 is 5.32 Å². The average Bonchev–Trinajstić information content (AvgIpc) is 2.41. The van der Waals surface area contributed by atoms with Gasteiger partial charge in [0.2, 0.25) is 0 Å². The van der Waals surface area contributed by atoms with Crippen LogP contribution in [0.15, 0.2) is 30.3 Å². The Morgan fingerprint density at radius 3 is 2.71 bits per heavy atom. The summed E-state index contributed by atoms with van der Waals surface area (Å²) < 4.78 is 13.6. The van der Waals surface area contributed by atoms with Crippen molar-refractivity contribution in [3.63, 3.8) is 0 Å². The topological polar surface area (TPSA) is 68.1 Å². The second-order valence-corrected chi connectivity index (χ2v) is 5.05. The first-order chi connectivity index (χ1) is 9.86. The Labute approximate surface area is 125 Å². The van der Waals surface area contributed by atoms with Crippen molar-refractivity contribution in [2.75, 3.05) is 5.32 Å². The first-order valence-electron chi connectivity index (χ1n) is 6.21. The van der Waals surface area contributed by atoms with E-state index >= 15 is 0 Å². The molecule has 1 aromatic carbocycles. The number of anilines is 1. The molecule has 1 aromatic heterocycles. The number of halogens is 2. The number of rotatable bonds is 4. The molecule has 1 atom stereocenters. The summed E-state index contributed by atoms with van der Waals surface area (Å²) in [6.07, 6.45) is 0. The molecule has 0 spiro atoms. The molecule has 21 heavy (non-hydrogen) atoms. The summed E-state index contributed by atoms with van der Waals surface area (Å²) in [7, 11) is 0. The predicted octanol–water partition coefficient (Wildman–Crippen LogP) is 4.26. The number of nitrogens with zero attached hydrogens (tertiary/aromatic N) is 2. The maximum atomic E-state index is 13.6. The lowest BCUT2D eigenvalue weighted by molar-refractivity contribution is -0.384. The van der Waals surface area contributed by atoms with Gasteiger partial charge in [-0.05, 0) is 31.0 Å². The van der Waals surface area contributed by atoms with E-state index < -0.39 is 4.92 Å². The van der Waals surface area contributed by atoms with E-state index in [0.29, 0.717) is 11.1 Å². The molecule has 2 aromatic rings. The first kappa shape index (κ1) is 15.2. The van der Waals surface area contributed by atoms with Crippen molar-refractivity contribution in [3.05, 3.63) is 62.5 Å². The second kappa shape index (κ2) is 6.05. The molecule has 1 heterocycles. The molecule has 2 rings (SSSR count). The molecule has 110 valence electrons. The smallest absolute Gasteiger partial charge is 0.276 e. The van der Waals surface area contributed by atoms with Gasteiger partial charge < -0.3 is 5.32 Å². The van der Waals surface area contributed by atoms with Crippen LogP contribution in [0.3, 0.4) is 0 Å². The number of pyridine rings is 1. The largest absolute Gasteiger partial charge is 0.363 e. The van der Waals surface area contributed by atoms with Gasteiger partial charge in [-0.15, -0.1) is 0 Å². The SMILES string of the molecule is Cc1ccc(C(C)Nc2cc([N+](=O)[O-])cc(Cl)n2)cc1F. The third kappa shape index (κ3) is 3.66. The van der Waals surface area contributed by atoms with Crippen molar-refractivity contribution in [1.82, 2.24) is 4.98 Å². The van der Waals surface area contributed by atoms with Crippen molar-refractivity contribution in [3.8, 4) is 0 Å². The number of nitrogens with one attached hydrogen (secondary N) is 1. The molecule has 0 saturated carbocycles. The predicted molar refractivity (Wildman–Crippen MR) is 79.1 cm³/mol. The Kier molecular flexibility index (Phi) is 4.37. The molecular weight excluding hydrogens is 297 g/mol. The highest BCUT2D eigenvalue weighted by molar-refractivity contribution is 6.29. The lowest BCUT2D eigenvalue weighted by atomic mass is 10.1. The highest BCUT2D eigenvalue weighted by Crippen LogP contribution is 2.24. The Hall–Kier alpha value is -2.21. The molecule has 7 heteroatoms. The van der Waals surface area contributed by atoms with Crippen LogP contribution in [0.2, 0.25) is 5.15 Å². The van der Waals surface area contributed by atoms with E-state index in [1.807, 2.05) is 0 Å². The lowest BCUT2D eigenvalue weighted by Crippen LogP contribution is -2.09. The molecule has 5 nitrogen and oxygen atoms in total. The normalized spacial score (nSPS) is 12.0. The van der Waals surface area contributed by atoms with Gasteiger partial charge in [0.05, 0.1) is 23.1 Å². The minimum absolute atomic E-state index is 0.0222. The Morgan fingerprint density at radius 2 is 2.10 bits per heavy atom. The Morgan fingerprint density at radius 1 is 1.38 bits per heavy atom. The van der Waals surface area contributed by atoms with Gasteiger partial charge in [0.15, 0.2) is 0 Å². The summed E-state index contributed by atoms with van der Waals surface area (Å²) in [5.74, 6) is -0.0335. The van der Waals surface area contributed by atoms with Crippen LogP contribution in [0, 0.1) is 22.9 Å². The van der Waals surface area contributed by atoms with Crippen LogP contribution in [0.5, 0.6) is 0 Å². The molecule has 1 N–H and O–H groups in total. The molecule has 0 fully saturated rings. The molecule has 1 unspecified atom stereocenters. The number of hydrogen-bond acceptors (Lipinski definition) is 4. The van der Waals surface area contributed by atoms with Crippen LogP contribution in [-0.2, 0) is 0 Å². The zero-order valence-corrected chi connectivity index (χ0v) is 12.2. The summed E-state index contributed by atoms with van der Waals surface area (Å²) in [5.41, 5.74) is 1.12. The molecule has 0 aliphatic rings. The van der Waals surface area contributed by atoms with Gasteiger partial charge in [-0.2, -0.15) is 0 Å². The number of benzene rings is 1. The number of aromatic nitrogens is 1. The minimum Gasteiger partial charge on any atom is -0.363 e. The number of aryl methyl sites for hydroxylation is 1. The fourth-order valence-corrected chi connectivity index (χ4v) is 2.05. The monoisotopic (exact) mass is 309 g/mol. The van der Waals surface area contributed by atoms with Gasteiger partial charge in [0.25, 0.3) is 5.69 Å². The molecule has 0 bridgehead atoms. The van der Waals surface area contributed by atoms with Crippen molar-refractivity contribution in [1.29, 1.82) is 0 Å². The Bertz CT molecular complexity index is 694. The quantitative estimate of drug-likeness (QED) is 0.520. The fourth-order valence-electron chi connectivity index (χ4n) is 1.85. The molecule has 0 radical (unpaired) electrons. The van der Waals surface area contributed by atoms with Crippen molar-refractivity contribution < 1.29 is 9.31 Å². The highest BCUT2D eigenvalue weighted by Gasteiger charge is 2.13. The van der Waals surface area contributed by atoms with E-state index in [0.717, 1.165) is 0 Å². The average molecular weight is 310 g/mol. The van der Waals surface area contributed by atoms with E-state index in [-0.39, 0.29) is 28.5 Å². The number of nitro groups is 1. The fraction of sp³-hybridized carbons (Fsp3) is 0.214. The maximum absolute atomic E-state index is 13.6. The van der Waals surface area contributed by atoms with Crippen LogP contribution in [0.4, 0.5) is 15.9 Å². The molecule has 0 aliphatic heterocycles. The van der Waals surface area contributed by atoms with Crippen LogP contribution in [0.1, 0.15) is 24.1 Å². The van der Waals surface area contributed by atoms with Crippen molar-refractivity contribution in [2.24, 2.45) is 0 Å². The number of hydrogen-bond donors (Lipinski definition) is 1. The summed E-state index contributed by atoms with van der Waals surface area (Å²) in [6, 6.07) is 7.07. The van der Waals surface area contributed by atoms with Gasteiger partial charge >= 0.3 is 0 Å². The maximum Gasteiger partial charge on any atom is 0.276 e.